The van der Waals surface area contributed by atoms with Crippen LogP contribution in [0.4, 0.5) is 8.78 Å². The predicted octanol–water partition coefficient (Wildman–Crippen LogP) is 7.40. The van der Waals surface area contributed by atoms with Crippen molar-refractivity contribution in [1.82, 2.24) is 10.1 Å². The second-order valence-electron chi connectivity index (χ2n) is 9.33. The Kier molecular flexibility index (Phi) is 9.44. The van der Waals surface area contributed by atoms with Crippen LogP contribution in [-0.2, 0) is 0 Å². The van der Waals surface area contributed by atoms with Crippen LogP contribution in [0.3, 0.4) is 0 Å². The number of benzene rings is 1. The summed E-state index contributed by atoms with van der Waals surface area (Å²) in [5.41, 5.74) is 0.107. The van der Waals surface area contributed by atoms with Gasteiger partial charge in [-0.05, 0) is 44.2 Å². The van der Waals surface area contributed by atoms with Crippen molar-refractivity contribution in [1.29, 1.82) is 0 Å². The molecule has 4 rings (SSSR count). The number of rotatable bonds is 14. The van der Waals surface area contributed by atoms with Gasteiger partial charge in [0.05, 0.1) is 15.6 Å². The second kappa shape index (κ2) is 12.8. The Morgan fingerprint density at radius 2 is 1.93 bits per heavy atom. The van der Waals surface area contributed by atoms with Crippen molar-refractivity contribution in [2.45, 2.75) is 50.2 Å². The molecular formula is C28H26Cl2F2N2O6. The molecule has 0 spiro atoms. The van der Waals surface area contributed by atoms with Gasteiger partial charge in [-0.1, -0.05) is 46.6 Å². The van der Waals surface area contributed by atoms with Gasteiger partial charge >= 0.3 is 12.6 Å². The van der Waals surface area contributed by atoms with E-state index in [0.717, 1.165) is 42.4 Å². The highest BCUT2D eigenvalue weighted by Gasteiger charge is 2.32. The summed E-state index contributed by atoms with van der Waals surface area (Å²) >= 11 is 12.7. The van der Waals surface area contributed by atoms with E-state index >= 15 is 0 Å². The molecule has 1 aliphatic carbocycles. The lowest BCUT2D eigenvalue weighted by Gasteiger charge is -2.24. The molecule has 1 aliphatic rings. The number of pyridine rings is 1. The summed E-state index contributed by atoms with van der Waals surface area (Å²) in [4.78, 5) is 15.3. The fourth-order valence-electron chi connectivity index (χ4n) is 4.05. The molecule has 8 nitrogen and oxygen atoms in total. The van der Waals surface area contributed by atoms with Gasteiger partial charge < -0.3 is 24.2 Å². The fraction of sp³-hybridized carbons (Fsp3) is 0.321. The van der Waals surface area contributed by atoms with E-state index in [0.29, 0.717) is 34.1 Å². The van der Waals surface area contributed by atoms with Gasteiger partial charge in [0, 0.05) is 35.5 Å². The van der Waals surface area contributed by atoms with E-state index in [9.17, 15) is 23.8 Å². The van der Waals surface area contributed by atoms with Crippen molar-refractivity contribution in [3.63, 3.8) is 0 Å². The van der Waals surface area contributed by atoms with Gasteiger partial charge in [0.2, 0.25) is 0 Å². The quantitative estimate of drug-likeness (QED) is 0.146. The van der Waals surface area contributed by atoms with E-state index in [-0.39, 0.29) is 36.0 Å². The Labute approximate surface area is 238 Å². The number of alkyl halides is 2. The molecule has 0 aliphatic heterocycles. The standard InChI is InChI=1S/C28H26Cl2F2N2O6/c1-2-28(37,15-38-18-10-17(26(35)36)11-19(12-18)39-27(31)32)9-5-3-4-6-20-24(34-40-25(20)16-7-8-16)23-21(29)13-33-14-22(23)30/h2,4,6,10-14,16,27,37H,1,3,5,7-9,15H2,(H,35,36)/b6-4+. The zero-order chi connectivity index (χ0) is 28.9. The van der Waals surface area contributed by atoms with Gasteiger partial charge in [-0.25, -0.2) is 4.79 Å². The number of carbonyl (C=O) groups is 1. The molecule has 0 bridgehead atoms. The SMILES string of the molecule is C=CC(O)(CCC/C=C/c1c(-c2c(Cl)cncc2Cl)noc1C1CC1)COc1cc(OC(F)F)cc(C(=O)O)c1. The minimum Gasteiger partial charge on any atom is -0.490 e. The van der Waals surface area contributed by atoms with E-state index in [1.54, 1.807) is 0 Å². The molecule has 0 amide bonds. The first-order valence-corrected chi connectivity index (χ1v) is 13.1. The molecule has 0 radical (unpaired) electrons. The average molecular weight is 595 g/mol. The fourth-order valence-corrected chi connectivity index (χ4v) is 4.59. The molecule has 1 atom stereocenters. The Morgan fingerprint density at radius 3 is 2.55 bits per heavy atom. The van der Waals surface area contributed by atoms with Crippen LogP contribution in [0.2, 0.25) is 10.0 Å². The van der Waals surface area contributed by atoms with Crippen LogP contribution in [0.5, 0.6) is 11.5 Å². The summed E-state index contributed by atoms with van der Waals surface area (Å²) in [6.07, 6.45) is 11.5. The third-order valence-electron chi connectivity index (χ3n) is 6.28. The number of halogens is 4. The van der Waals surface area contributed by atoms with E-state index < -0.39 is 18.2 Å². The third kappa shape index (κ3) is 7.38. The van der Waals surface area contributed by atoms with Crippen molar-refractivity contribution in [3.05, 3.63) is 76.3 Å². The number of unbranched alkanes of at least 4 members (excludes halogenated alkanes) is 1. The van der Waals surface area contributed by atoms with Crippen LogP contribution >= 0.6 is 23.2 Å². The lowest BCUT2D eigenvalue weighted by atomic mass is 9.97. The second-order valence-corrected chi connectivity index (χ2v) is 10.1. The largest absolute Gasteiger partial charge is 0.490 e. The molecule has 12 heteroatoms. The smallest absolute Gasteiger partial charge is 0.387 e. The average Bonchev–Trinajstić information content (AvgIpc) is 3.67. The lowest BCUT2D eigenvalue weighted by molar-refractivity contribution is -0.0501. The maximum atomic E-state index is 12.6. The van der Waals surface area contributed by atoms with Crippen molar-refractivity contribution >= 4 is 35.2 Å². The van der Waals surface area contributed by atoms with E-state index in [2.05, 4.69) is 21.5 Å². The Bertz CT molecular complexity index is 1390. The third-order valence-corrected chi connectivity index (χ3v) is 6.85. The van der Waals surface area contributed by atoms with Crippen LogP contribution in [0.15, 0.2) is 53.8 Å². The molecule has 3 aromatic rings. The molecule has 2 N–H and O–H groups in total. The lowest BCUT2D eigenvalue weighted by Crippen LogP contribution is -2.33. The van der Waals surface area contributed by atoms with Gasteiger partial charge in [-0.3, -0.25) is 4.98 Å². The predicted molar refractivity (Wildman–Crippen MR) is 145 cm³/mol. The van der Waals surface area contributed by atoms with E-state index in [1.165, 1.54) is 18.5 Å². The maximum absolute atomic E-state index is 12.6. The van der Waals surface area contributed by atoms with Gasteiger partial charge in [0.25, 0.3) is 0 Å². The summed E-state index contributed by atoms with van der Waals surface area (Å²) in [6.45, 7) is 0.254. The number of ether oxygens (including phenoxy) is 2. The highest BCUT2D eigenvalue weighted by atomic mass is 35.5. The van der Waals surface area contributed by atoms with Crippen LogP contribution < -0.4 is 9.47 Å². The monoisotopic (exact) mass is 594 g/mol. The first-order valence-electron chi connectivity index (χ1n) is 12.4. The number of nitrogens with zero attached hydrogens (tertiary/aromatic N) is 2. The van der Waals surface area contributed by atoms with Crippen molar-refractivity contribution in [2.75, 3.05) is 6.61 Å². The summed E-state index contributed by atoms with van der Waals surface area (Å²) < 4.78 is 40.7. The first-order chi connectivity index (χ1) is 19.1. The molecule has 2 heterocycles. The number of aliphatic hydroxyl groups is 1. The topological polar surface area (TPSA) is 115 Å². The Morgan fingerprint density at radius 1 is 1.23 bits per heavy atom. The summed E-state index contributed by atoms with van der Waals surface area (Å²) in [7, 11) is 0. The Hall–Kier alpha value is -3.47. The first kappa shape index (κ1) is 29.5. The normalized spacial score (nSPS) is 14.8. The highest BCUT2D eigenvalue weighted by Crippen LogP contribution is 2.46. The summed E-state index contributed by atoms with van der Waals surface area (Å²) in [5.74, 6) is -0.703. The molecule has 1 aromatic carbocycles. The zero-order valence-electron chi connectivity index (χ0n) is 21.2. The molecular weight excluding hydrogens is 569 g/mol. The summed E-state index contributed by atoms with van der Waals surface area (Å²) in [6, 6.07) is 3.24. The molecule has 0 saturated heterocycles. The number of allylic oxidation sites excluding steroid dienone is 1. The van der Waals surface area contributed by atoms with Crippen LogP contribution in [0, 0.1) is 0 Å². The molecule has 1 saturated carbocycles. The van der Waals surface area contributed by atoms with Crippen molar-refractivity contribution in [2.24, 2.45) is 0 Å². The number of hydrogen-bond donors (Lipinski definition) is 2. The molecule has 1 fully saturated rings. The van der Waals surface area contributed by atoms with Crippen LogP contribution in [-0.4, -0.2) is 45.1 Å². The molecule has 2 aromatic heterocycles. The molecule has 212 valence electrons. The molecule has 1 unspecified atom stereocenters. The van der Waals surface area contributed by atoms with Crippen molar-refractivity contribution in [3.8, 4) is 22.8 Å². The highest BCUT2D eigenvalue weighted by molar-refractivity contribution is 6.39. The van der Waals surface area contributed by atoms with Gasteiger partial charge in [0.1, 0.15) is 35.2 Å². The van der Waals surface area contributed by atoms with Crippen molar-refractivity contribution < 1.29 is 37.8 Å². The summed E-state index contributed by atoms with van der Waals surface area (Å²) in [5, 5.41) is 25.1. The van der Waals surface area contributed by atoms with Gasteiger partial charge in [-0.2, -0.15) is 8.78 Å². The van der Waals surface area contributed by atoms with Crippen LogP contribution in [0.25, 0.3) is 17.3 Å². The number of aromatic nitrogens is 2. The van der Waals surface area contributed by atoms with E-state index in [4.69, 9.17) is 32.5 Å². The minimum absolute atomic E-state index is 0.0447. The number of aromatic carboxylic acids is 1. The minimum atomic E-state index is -3.14. The maximum Gasteiger partial charge on any atom is 0.387 e. The van der Waals surface area contributed by atoms with E-state index in [1.807, 2.05) is 12.2 Å². The number of hydrogen-bond acceptors (Lipinski definition) is 7. The molecule has 40 heavy (non-hydrogen) atoms. The Balaban J connectivity index is 1.40. The number of carboxylic acid groups (broad SMARTS) is 1. The van der Waals surface area contributed by atoms with Gasteiger partial charge in [-0.15, -0.1) is 6.58 Å². The number of carboxylic acids is 1. The van der Waals surface area contributed by atoms with Gasteiger partial charge in [0.15, 0.2) is 0 Å². The van der Waals surface area contributed by atoms with Crippen LogP contribution in [0.1, 0.15) is 59.7 Å². The zero-order valence-corrected chi connectivity index (χ0v) is 22.7.